The van der Waals surface area contributed by atoms with Crippen LogP contribution in [-0.4, -0.2) is 59.5 Å². The minimum atomic E-state index is -1.54. The fourth-order valence-corrected chi connectivity index (χ4v) is 2.35. The largest absolute Gasteiger partial charge is 0.508 e. The van der Waals surface area contributed by atoms with Crippen LogP contribution in [0.25, 0.3) is 0 Å². The quantitative estimate of drug-likeness (QED) is 0.552. The minimum absolute atomic E-state index is 0.000334. The number of aromatic nitrogens is 1. The van der Waals surface area contributed by atoms with Crippen LogP contribution < -0.4 is 15.6 Å². The van der Waals surface area contributed by atoms with E-state index in [-0.39, 0.29) is 17.6 Å². The Morgan fingerprint density at radius 1 is 1.50 bits per heavy atom. The van der Waals surface area contributed by atoms with Crippen LogP contribution in [0.4, 0.5) is 4.79 Å². The first-order chi connectivity index (χ1) is 10.6. The molecule has 0 bridgehead atoms. The van der Waals surface area contributed by atoms with Gasteiger partial charge < -0.3 is 29.6 Å². The fraction of sp³-hybridized carbons (Fsp3) is 0.417. The molecule has 2 aliphatic heterocycles. The van der Waals surface area contributed by atoms with Crippen LogP contribution in [-0.2, 0) is 9.47 Å². The van der Waals surface area contributed by atoms with Gasteiger partial charge in [0.05, 0.1) is 13.2 Å². The Morgan fingerprint density at radius 3 is 3.09 bits per heavy atom. The van der Waals surface area contributed by atoms with E-state index in [1.165, 1.54) is 21.8 Å². The van der Waals surface area contributed by atoms with Gasteiger partial charge in [0.15, 0.2) is 5.69 Å². The van der Waals surface area contributed by atoms with Crippen molar-refractivity contribution in [3.63, 3.8) is 0 Å². The Bertz CT molecular complexity index is 671. The van der Waals surface area contributed by atoms with E-state index < -0.39 is 24.3 Å². The molecule has 3 rings (SSSR count). The normalized spacial score (nSPS) is 19.7. The molecule has 1 saturated heterocycles. The van der Waals surface area contributed by atoms with Crippen molar-refractivity contribution < 1.29 is 28.9 Å². The maximum Gasteiger partial charge on any atom is 0.508 e. The summed E-state index contributed by atoms with van der Waals surface area (Å²) in [7, 11) is 0. The monoisotopic (exact) mass is 311 g/mol. The van der Waals surface area contributed by atoms with Gasteiger partial charge in [-0.1, -0.05) is 0 Å². The number of morpholine rings is 1. The van der Waals surface area contributed by atoms with E-state index in [0.717, 1.165) is 0 Å². The molecule has 1 amide bonds. The van der Waals surface area contributed by atoms with Gasteiger partial charge in [-0.2, -0.15) is 0 Å². The number of ether oxygens (including phenoxy) is 3. The maximum absolute atomic E-state index is 12.6. The summed E-state index contributed by atoms with van der Waals surface area (Å²) in [5.41, 5.74) is 2.48. The van der Waals surface area contributed by atoms with E-state index in [0.29, 0.717) is 19.8 Å². The highest BCUT2D eigenvalue weighted by atomic mass is 16.7. The van der Waals surface area contributed by atoms with Crippen molar-refractivity contribution in [1.82, 2.24) is 9.58 Å². The molecule has 0 saturated carbocycles. The summed E-state index contributed by atoms with van der Waals surface area (Å²) in [5.74, 6) is -0.652. The van der Waals surface area contributed by atoms with E-state index in [4.69, 9.17) is 14.6 Å². The lowest BCUT2D eigenvalue weighted by atomic mass is 10.2. The van der Waals surface area contributed by atoms with Crippen molar-refractivity contribution in [1.29, 1.82) is 0 Å². The molecule has 1 fully saturated rings. The second-order valence-corrected chi connectivity index (χ2v) is 4.62. The summed E-state index contributed by atoms with van der Waals surface area (Å²) >= 11 is 0. The van der Waals surface area contributed by atoms with Crippen LogP contribution in [0.1, 0.15) is 10.5 Å². The number of carboxylic acid groups (broad SMARTS) is 1. The highest BCUT2D eigenvalue weighted by molar-refractivity contribution is 5.96. The molecule has 2 N–H and O–H groups in total. The Labute approximate surface area is 123 Å². The zero-order valence-electron chi connectivity index (χ0n) is 11.4. The summed E-state index contributed by atoms with van der Waals surface area (Å²) in [6.07, 6.45) is -0.464. The second kappa shape index (κ2) is 5.56. The van der Waals surface area contributed by atoms with Crippen LogP contribution >= 0.6 is 0 Å². The van der Waals surface area contributed by atoms with Gasteiger partial charge in [0.2, 0.25) is 18.0 Å². The average Bonchev–Trinajstić information content (AvgIpc) is 2.49. The zero-order chi connectivity index (χ0) is 15.7. The lowest BCUT2D eigenvalue weighted by Gasteiger charge is -2.41. The van der Waals surface area contributed by atoms with Gasteiger partial charge >= 0.3 is 6.16 Å². The van der Waals surface area contributed by atoms with Crippen molar-refractivity contribution in [3.05, 3.63) is 28.2 Å². The van der Waals surface area contributed by atoms with Crippen molar-refractivity contribution in [2.24, 2.45) is 0 Å². The molecule has 1 aromatic rings. The third-order valence-corrected chi connectivity index (χ3v) is 3.32. The van der Waals surface area contributed by atoms with Crippen LogP contribution in [0.15, 0.2) is 17.1 Å². The van der Waals surface area contributed by atoms with Crippen LogP contribution in [0.3, 0.4) is 0 Å². The Hall–Kier alpha value is -2.75. The first kappa shape index (κ1) is 14.2. The smallest absolute Gasteiger partial charge is 0.451 e. The summed E-state index contributed by atoms with van der Waals surface area (Å²) in [6, 6.07) is 1.21. The molecule has 1 aromatic heterocycles. The van der Waals surface area contributed by atoms with Crippen molar-refractivity contribution in [2.45, 2.75) is 6.17 Å². The van der Waals surface area contributed by atoms with Crippen LogP contribution in [0, 0.1) is 0 Å². The topological polar surface area (TPSA) is 119 Å². The van der Waals surface area contributed by atoms with E-state index >= 15 is 0 Å². The molecular formula is C12H13N3O7. The lowest BCUT2D eigenvalue weighted by molar-refractivity contribution is -0.00440. The first-order valence-corrected chi connectivity index (χ1v) is 6.47. The van der Waals surface area contributed by atoms with Crippen LogP contribution in [0.5, 0.6) is 5.75 Å². The van der Waals surface area contributed by atoms with E-state index in [1.807, 2.05) is 0 Å². The Morgan fingerprint density at radius 2 is 2.32 bits per heavy atom. The molecule has 0 aromatic carbocycles. The number of hydrogen-bond donors (Lipinski definition) is 2. The molecule has 118 valence electrons. The number of pyridine rings is 1. The number of nitrogens with one attached hydrogen (secondary N) is 1. The summed E-state index contributed by atoms with van der Waals surface area (Å²) in [5, 5.41) is 8.42. The average molecular weight is 311 g/mol. The molecule has 10 heteroatoms. The SMILES string of the molecule is O=C(O)OCOc1c2n(ccc1=O)NC1COCCN1C2=O. The van der Waals surface area contributed by atoms with Gasteiger partial charge in [0.1, 0.15) is 6.17 Å². The molecule has 10 nitrogen and oxygen atoms in total. The third kappa shape index (κ3) is 2.44. The van der Waals surface area contributed by atoms with Crippen molar-refractivity contribution in [2.75, 3.05) is 32.0 Å². The van der Waals surface area contributed by atoms with Crippen LogP contribution in [0.2, 0.25) is 0 Å². The molecule has 1 atom stereocenters. The van der Waals surface area contributed by atoms with Crippen molar-refractivity contribution >= 4 is 12.1 Å². The van der Waals surface area contributed by atoms with Gasteiger partial charge in [-0.3, -0.25) is 14.3 Å². The first-order valence-electron chi connectivity index (χ1n) is 6.47. The number of amides is 1. The number of nitrogens with zero attached hydrogens (tertiary/aromatic N) is 2. The summed E-state index contributed by atoms with van der Waals surface area (Å²) in [4.78, 5) is 36.3. The van der Waals surface area contributed by atoms with E-state index in [1.54, 1.807) is 0 Å². The number of hydrogen-bond acceptors (Lipinski definition) is 7. The number of carbonyl (C=O) groups excluding carboxylic acids is 1. The lowest BCUT2D eigenvalue weighted by Crippen LogP contribution is -2.59. The standard InChI is InChI=1S/C12H13N3O7/c16-7-1-2-15-9(10(7)21-6-22-12(18)19)11(17)14-3-4-20-5-8(14)13-15/h1-2,8,13H,3-6H2,(H,18,19). The highest BCUT2D eigenvalue weighted by Crippen LogP contribution is 2.22. The highest BCUT2D eigenvalue weighted by Gasteiger charge is 2.36. The molecule has 1 unspecified atom stereocenters. The van der Waals surface area contributed by atoms with Gasteiger partial charge in [0, 0.05) is 18.8 Å². The summed E-state index contributed by atoms with van der Waals surface area (Å²) in [6.45, 7) is 0.432. The van der Waals surface area contributed by atoms with Gasteiger partial charge in [-0.25, -0.2) is 4.79 Å². The summed E-state index contributed by atoms with van der Waals surface area (Å²) < 4.78 is 15.9. The minimum Gasteiger partial charge on any atom is -0.451 e. The van der Waals surface area contributed by atoms with Gasteiger partial charge in [-0.15, -0.1) is 0 Å². The predicted molar refractivity (Wildman–Crippen MR) is 70.3 cm³/mol. The van der Waals surface area contributed by atoms with Gasteiger partial charge in [0.25, 0.3) is 5.91 Å². The second-order valence-electron chi connectivity index (χ2n) is 4.62. The number of carbonyl (C=O) groups is 2. The molecule has 2 aliphatic rings. The molecular weight excluding hydrogens is 298 g/mol. The number of fused-ring (bicyclic) bond motifs is 2. The fourth-order valence-electron chi connectivity index (χ4n) is 2.35. The van der Waals surface area contributed by atoms with E-state index in [9.17, 15) is 14.4 Å². The molecule has 0 spiro atoms. The van der Waals surface area contributed by atoms with Crippen molar-refractivity contribution in [3.8, 4) is 5.75 Å². The maximum atomic E-state index is 12.6. The third-order valence-electron chi connectivity index (χ3n) is 3.32. The molecule has 0 radical (unpaired) electrons. The molecule has 0 aliphatic carbocycles. The van der Waals surface area contributed by atoms with Gasteiger partial charge in [-0.05, 0) is 0 Å². The zero-order valence-corrected chi connectivity index (χ0v) is 11.4. The number of rotatable bonds is 3. The predicted octanol–water partition coefficient (Wildman–Crippen LogP) is -0.765. The Kier molecular flexibility index (Phi) is 3.59. The molecule has 22 heavy (non-hydrogen) atoms. The Balaban J connectivity index is 1.93. The van der Waals surface area contributed by atoms with E-state index in [2.05, 4.69) is 10.2 Å². The molecule has 3 heterocycles.